The Balaban J connectivity index is 1.37. The highest BCUT2D eigenvalue weighted by Gasteiger charge is 2.23. The molecule has 3 heterocycles. The van der Waals surface area contributed by atoms with Gasteiger partial charge in [0.25, 0.3) is 0 Å². The molecule has 1 atom stereocenters. The summed E-state index contributed by atoms with van der Waals surface area (Å²) in [5, 5.41) is 13.6. The van der Waals surface area contributed by atoms with Crippen molar-refractivity contribution >= 4 is 34.3 Å². The summed E-state index contributed by atoms with van der Waals surface area (Å²) in [6, 6.07) is 15.4. The molecule has 170 valence electrons. The predicted molar refractivity (Wildman–Crippen MR) is 129 cm³/mol. The molecule has 1 amide bonds. The number of benzene rings is 2. The summed E-state index contributed by atoms with van der Waals surface area (Å²) >= 11 is 1.37. The average Bonchev–Trinajstić information content (AvgIpc) is 3.58. The number of ether oxygens (including phenoxy) is 2. The lowest BCUT2D eigenvalue weighted by Crippen LogP contribution is -2.18. The molecule has 0 spiro atoms. The third-order valence-electron chi connectivity index (χ3n) is 5.64. The van der Waals surface area contributed by atoms with Gasteiger partial charge in [-0.2, -0.15) is 0 Å². The molecule has 2 N–H and O–H groups in total. The fourth-order valence-corrected chi connectivity index (χ4v) is 4.78. The van der Waals surface area contributed by atoms with Crippen molar-refractivity contribution < 1.29 is 14.3 Å². The van der Waals surface area contributed by atoms with Gasteiger partial charge in [0.1, 0.15) is 5.75 Å². The summed E-state index contributed by atoms with van der Waals surface area (Å²) in [4.78, 5) is 15.9. The van der Waals surface area contributed by atoms with Crippen LogP contribution in [0.3, 0.4) is 0 Å². The van der Waals surface area contributed by atoms with Crippen LogP contribution in [0.5, 0.6) is 5.75 Å². The number of hydrogen-bond donors (Lipinski definition) is 2. The van der Waals surface area contributed by atoms with Crippen LogP contribution in [-0.4, -0.2) is 51.2 Å². The molecule has 2 aromatic carbocycles. The molecule has 0 bridgehead atoms. The topological polar surface area (TPSA) is 94.1 Å². The molecule has 0 aliphatic carbocycles. The standard InChI is InChI=1S/C24H25N5O3S/c1-31-17-7-4-6-16(12-17)26-22(30)15-33-24-28-27-23(29(24)14-18-8-5-11-32-18)20-13-25-21-10-3-2-9-19(20)21/h2-4,6-7,9-10,12-13,18,25H,5,8,11,14-15H2,1H3,(H,26,30). The molecular weight excluding hydrogens is 438 g/mol. The van der Waals surface area contributed by atoms with Crippen LogP contribution in [0, 0.1) is 0 Å². The van der Waals surface area contributed by atoms with Gasteiger partial charge in [0.05, 0.1) is 25.5 Å². The second kappa shape index (κ2) is 9.68. The molecule has 0 radical (unpaired) electrons. The summed E-state index contributed by atoms with van der Waals surface area (Å²) in [6.45, 7) is 1.43. The Morgan fingerprint density at radius 3 is 3.03 bits per heavy atom. The minimum absolute atomic E-state index is 0.117. The normalized spacial score (nSPS) is 15.7. The van der Waals surface area contributed by atoms with Crippen LogP contribution in [-0.2, 0) is 16.1 Å². The van der Waals surface area contributed by atoms with Gasteiger partial charge >= 0.3 is 0 Å². The number of fused-ring (bicyclic) bond motifs is 1. The van der Waals surface area contributed by atoms with Gasteiger partial charge in [0, 0.05) is 41.0 Å². The fourth-order valence-electron chi connectivity index (χ4n) is 4.04. The fraction of sp³-hybridized carbons (Fsp3) is 0.292. The van der Waals surface area contributed by atoms with E-state index in [4.69, 9.17) is 9.47 Å². The molecule has 2 aromatic heterocycles. The van der Waals surface area contributed by atoms with Gasteiger partial charge in [-0.05, 0) is 31.0 Å². The molecule has 33 heavy (non-hydrogen) atoms. The Kier molecular flexibility index (Phi) is 6.32. The minimum Gasteiger partial charge on any atom is -0.497 e. The van der Waals surface area contributed by atoms with E-state index in [1.165, 1.54) is 11.8 Å². The van der Waals surface area contributed by atoms with Crippen LogP contribution < -0.4 is 10.1 Å². The van der Waals surface area contributed by atoms with Crippen molar-refractivity contribution in [1.29, 1.82) is 0 Å². The molecule has 0 saturated carbocycles. The monoisotopic (exact) mass is 463 g/mol. The Bertz CT molecular complexity index is 1260. The second-order valence-electron chi connectivity index (χ2n) is 7.87. The highest BCUT2D eigenvalue weighted by atomic mass is 32.2. The number of carbonyl (C=O) groups is 1. The van der Waals surface area contributed by atoms with Gasteiger partial charge in [-0.15, -0.1) is 10.2 Å². The van der Waals surface area contributed by atoms with Gasteiger partial charge in [-0.25, -0.2) is 0 Å². The maximum absolute atomic E-state index is 12.6. The first-order chi connectivity index (χ1) is 16.2. The van der Waals surface area contributed by atoms with E-state index in [2.05, 4.69) is 31.1 Å². The van der Waals surface area contributed by atoms with E-state index in [-0.39, 0.29) is 17.8 Å². The summed E-state index contributed by atoms with van der Waals surface area (Å²) in [6.07, 6.45) is 4.15. The molecule has 4 aromatic rings. The third kappa shape index (κ3) is 4.74. The molecule has 1 fully saturated rings. The summed E-state index contributed by atoms with van der Waals surface area (Å²) < 4.78 is 13.2. The smallest absolute Gasteiger partial charge is 0.234 e. The number of carbonyl (C=O) groups excluding carboxylic acids is 1. The number of methoxy groups -OCH3 is 1. The van der Waals surface area contributed by atoms with E-state index in [1.807, 2.05) is 42.6 Å². The number of anilines is 1. The number of nitrogens with one attached hydrogen (secondary N) is 2. The van der Waals surface area contributed by atoms with Crippen molar-refractivity contribution in [3.8, 4) is 17.1 Å². The highest BCUT2D eigenvalue weighted by molar-refractivity contribution is 7.99. The maximum atomic E-state index is 12.6. The van der Waals surface area contributed by atoms with Crippen LogP contribution in [0.1, 0.15) is 12.8 Å². The van der Waals surface area contributed by atoms with Crippen molar-refractivity contribution in [3.05, 3.63) is 54.7 Å². The van der Waals surface area contributed by atoms with E-state index in [1.54, 1.807) is 13.2 Å². The van der Waals surface area contributed by atoms with Gasteiger partial charge in [-0.3, -0.25) is 9.36 Å². The van der Waals surface area contributed by atoms with E-state index < -0.39 is 0 Å². The predicted octanol–water partition coefficient (Wildman–Crippen LogP) is 4.34. The van der Waals surface area contributed by atoms with Crippen LogP contribution in [0.2, 0.25) is 0 Å². The van der Waals surface area contributed by atoms with Gasteiger partial charge < -0.3 is 19.8 Å². The summed E-state index contributed by atoms with van der Waals surface area (Å²) in [5.74, 6) is 1.57. The number of aromatic nitrogens is 4. The zero-order valence-corrected chi connectivity index (χ0v) is 19.1. The number of rotatable bonds is 8. The van der Waals surface area contributed by atoms with E-state index in [9.17, 15) is 4.79 Å². The zero-order chi connectivity index (χ0) is 22.6. The first-order valence-electron chi connectivity index (χ1n) is 10.9. The van der Waals surface area contributed by atoms with Crippen molar-refractivity contribution in [3.63, 3.8) is 0 Å². The zero-order valence-electron chi connectivity index (χ0n) is 18.3. The first kappa shape index (κ1) is 21.5. The largest absolute Gasteiger partial charge is 0.497 e. The highest BCUT2D eigenvalue weighted by Crippen LogP contribution is 2.31. The second-order valence-corrected chi connectivity index (χ2v) is 8.81. The SMILES string of the molecule is COc1cccc(NC(=O)CSc2nnc(-c3c[nH]c4ccccc34)n2CC2CCCO2)c1. The molecule has 1 unspecified atom stereocenters. The number of hydrogen-bond acceptors (Lipinski definition) is 6. The van der Waals surface area contributed by atoms with E-state index in [0.29, 0.717) is 23.1 Å². The summed E-state index contributed by atoms with van der Waals surface area (Å²) in [5.41, 5.74) is 2.73. The van der Waals surface area contributed by atoms with Gasteiger partial charge in [0.15, 0.2) is 11.0 Å². The number of H-pyrrole nitrogens is 1. The first-order valence-corrected chi connectivity index (χ1v) is 11.9. The van der Waals surface area contributed by atoms with Crippen molar-refractivity contribution in [2.45, 2.75) is 30.6 Å². The average molecular weight is 464 g/mol. The quantitative estimate of drug-likeness (QED) is 0.378. The summed E-state index contributed by atoms with van der Waals surface area (Å²) in [7, 11) is 1.60. The molecule has 8 nitrogen and oxygen atoms in total. The van der Waals surface area contributed by atoms with Crippen molar-refractivity contribution in [1.82, 2.24) is 19.7 Å². The number of nitrogens with zero attached hydrogens (tertiary/aromatic N) is 3. The van der Waals surface area contributed by atoms with Crippen LogP contribution in [0.25, 0.3) is 22.3 Å². The molecule has 9 heteroatoms. The van der Waals surface area contributed by atoms with Crippen LogP contribution >= 0.6 is 11.8 Å². The van der Waals surface area contributed by atoms with Crippen LogP contribution in [0.15, 0.2) is 59.9 Å². The Labute approximate surface area is 195 Å². The Morgan fingerprint density at radius 2 is 2.18 bits per heavy atom. The van der Waals surface area contributed by atoms with Gasteiger partial charge in [0.2, 0.25) is 5.91 Å². The third-order valence-corrected chi connectivity index (χ3v) is 6.61. The maximum Gasteiger partial charge on any atom is 0.234 e. The Hall–Kier alpha value is -3.30. The lowest BCUT2D eigenvalue weighted by Gasteiger charge is -2.14. The van der Waals surface area contributed by atoms with Crippen LogP contribution in [0.4, 0.5) is 5.69 Å². The molecule has 5 rings (SSSR count). The molecule has 1 saturated heterocycles. The number of para-hydroxylation sites is 1. The lowest BCUT2D eigenvalue weighted by molar-refractivity contribution is -0.113. The molecule has 1 aliphatic rings. The molecule has 1 aliphatic heterocycles. The van der Waals surface area contributed by atoms with E-state index >= 15 is 0 Å². The molecular formula is C24H25N5O3S. The number of thioether (sulfide) groups is 1. The van der Waals surface area contributed by atoms with Crippen molar-refractivity contribution in [2.24, 2.45) is 0 Å². The Morgan fingerprint density at radius 1 is 1.27 bits per heavy atom. The minimum atomic E-state index is -0.117. The van der Waals surface area contributed by atoms with Gasteiger partial charge in [-0.1, -0.05) is 36.0 Å². The van der Waals surface area contributed by atoms with Crippen molar-refractivity contribution in [2.75, 3.05) is 24.8 Å². The lowest BCUT2D eigenvalue weighted by atomic mass is 10.1. The number of aromatic amines is 1. The van der Waals surface area contributed by atoms with E-state index in [0.717, 1.165) is 41.7 Å². The number of amides is 1.